The molecule has 0 aromatic carbocycles. The fourth-order valence-electron chi connectivity index (χ4n) is 1.65. The summed E-state index contributed by atoms with van der Waals surface area (Å²) in [5, 5.41) is 9.52. The number of methoxy groups -OCH3 is 1. The molecule has 0 saturated heterocycles. The predicted octanol–water partition coefficient (Wildman–Crippen LogP) is 0.480. The SMILES string of the molecule is COCC(O)CN(C)C(=O)CCc1cccnc1. The van der Waals surface area contributed by atoms with Gasteiger partial charge in [0.15, 0.2) is 0 Å². The first-order valence-electron chi connectivity index (χ1n) is 5.93. The second-order valence-corrected chi connectivity index (χ2v) is 4.24. The van der Waals surface area contributed by atoms with Gasteiger partial charge in [0.25, 0.3) is 0 Å². The summed E-state index contributed by atoms with van der Waals surface area (Å²) in [5.41, 5.74) is 1.04. The normalized spacial score (nSPS) is 12.2. The Morgan fingerprint density at radius 1 is 1.61 bits per heavy atom. The van der Waals surface area contributed by atoms with Crippen LogP contribution in [0.25, 0.3) is 0 Å². The maximum Gasteiger partial charge on any atom is 0.222 e. The fourth-order valence-corrected chi connectivity index (χ4v) is 1.65. The summed E-state index contributed by atoms with van der Waals surface area (Å²) in [5.74, 6) is 0.00834. The number of rotatable bonds is 7. The van der Waals surface area contributed by atoms with Crippen molar-refractivity contribution in [2.24, 2.45) is 0 Å². The molecule has 1 N–H and O–H groups in total. The summed E-state index contributed by atoms with van der Waals surface area (Å²) in [7, 11) is 3.21. The lowest BCUT2D eigenvalue weighted by atomic mass is 10.1. The summed E-state index contributed by atoms with van der Waals surface area (Å²) in [6, 6.07) is 3.80. The number of hydrogen-bond donors (Lipinski definition) is 1. The molecule has 1 amide bonds. The average Bonchev–Trinajstić information content (AvgIpc) is 2.37. The van der Waals surface area contributed by atoms with Crippen LogP contribution in [0.15, 0.2) is 24.5 Å². The number of aliphatic hydroxyl groups excluding tert-OH is 1. The van der Waals surface area contributed by atoms with E-state index >= 15 is 0 Å². The van der Waals surface area contributed by atoms with Crippen molar-refractivity contribution in [1.29, 1.82) is 0 Å². The Bertz CT molecular complexity index is 357. The van der Waals surface area contributed by atoms with Crippen LogP contribution in [0, 0.1) is 0 Å². The third kappa shape index (κ3) is 5.25. The molecule has 0 spiro atoms. The Balaban J connectivity index is 2.32. The average molecular weight is 252 g/mol. The van der Waals surface area contributed by atoms with Crippen molar-refractivity contribution >= 4 is 5.91 Å². The van der Waals surface area contributed by atoms with Crippen molar-refractivity contribution in [3.8, 4) is 0 Å². The van der Waals surface area contributed by atoms with Crippen molar-refractivity contribution < 1.29 is 14.6 Å². The van der Waals surface area contributed by atoms with Gasteiger partial charge < -0.3 is 14.7 Å². The lowest BCUT2D eigenvalue weighted by Crippen LogP contribution is -2.36. The molecule has 1 heterocycles. The van der Waals surface area contributed by atoms with Gasteiger partial charge in [0.05, 0.1) is 12.7 Å². The molecule has 0 radical (unpaired) electrons. The molecule has 0 aliphatic heterocycles. The second kappa shape index (κ2) is 7.79. The van der Waals surface area contributed by atoms with Gasteiger partial charge >= 0.3 is 0 Å². The molecule has 100 valence electrons. The highest BCUT2D eigenvalue weighted by molar-refractivity contribution is 5.76. The molecule has 1 rings (SSSR count). The highest BCUT2D eigenvalue weighted by atomic mass is 16.5. The van der Waals surface area contributed by atoms with Crippen molar-refractivity contribution in [2.75, 3.05) is 27.3 Å². The van der Waals surface area contributed by atoms with E-state index in [1.807, 2.05) is 12.1 Å². The molecule has 1 aromatic heterocycles. The monoisotopic (exact) mass is 252 g/mol. The molecule has 1 unspecified atom stereocenters. The maximum atomic E-state index is 11.8. The van der Waals surface area contributed by atoms with Gasteiger partial charge in [-0.3, -0.25) is 9.78 Å². The molecular formula is C13H20N2O3. The second-order valence-electron chi connectivity index (χ2n) is 4.24. The van der Waals surface area contributed by atoms with Gasteiger partial charge in [0, 0.05) is 39.5 Å². The van der Waals surface area contributed by atoms with E-state index in [1.54, 1.807) is 19.4 Å². The van der Waals surface area contributed by atoms with E-state index < -0.39 is 6.10 Å². The highest BCUT2D eigenvalue weighted by Gasteiger charge is 2.13. The van der Waals surface area contributed by atoms with Gasteiger partial charge in [-0.2, -0.15) is 0 Å². The number of aliphatic hydroxyl groups is 1. The first-order chi connectivity index (χ1) is 8.63. The third-order valence-corrected chi connectivity index (χ3v) is 2.62. The Labute approximate surface area is 107 Å². The van der Waals surface area contributed by atoms with Crippen LogP contribution < -0.4 is 0 Å². The first-order valence-corrected chi connectivity index (χ1v) is 5.93. The largest absolute Gasteiger partial charge is 0.389 e. The van der Waals surface area contributed by atoms with Crippen LogP contribution in [-0.2, 0) is 16.0 Å². The van der Waals surface area contributed by atoms with E-state index in [4.69, 9.17) is 4.74 Å². The van der Waals surface area contributed by atoms with Crippen molar-refractivity contribution in [1.82, 2.24) is 9.88 Å². The summed E-state index contributed by atoms with van der Waals surface area (Å²) < 4.78 is 4.82. The van der Waals surface area contributed by atoms with E-state index in [0.29, 0.717) is 19.4 Å². The van der Waals surface area contributed by atoms with Crippen molar-refractivity contribution in [3.05, 3.63) is 30.1 Å². The number of likely N-dealkylation sites (N-methyl/N-ethyl adjacent to an activating group) is 1. The number of ether oxygens (including phenoxy) is 1. The Kier molecular flexibility index (Phi) is 6.32. The molecule has 18 heavy (non-hydrogen) atoms. The van der Waals surface area contributed by atoms with E-state index in [-0.39, 0.29) is 12.5 Å². The topological polar surface area (TPSA) is 62.7 Å². The molecule has 0 saturated carbocycles. The van der Waals surface area contributed by atoms with E-state index in [0.717, 1.165) is 5.56 Å². The van der Waals surface area contributed by atoms with Crippen LogP contribution in [0.5, 0.6) is 0 Å². The van der Waals surface area contributed by atoms with Gasteiger partial charge in [-0.05, 0) is 18.1 Å². The molecule has 0 fully saturated rings. The van der Waals surface area contributed by atoms with Gasteiger partial charge in [-0.25, -0.2) is 0 Å². The summed E-state index contributed by atoms with van der Waals surface area (Å²) in [6.45, 7) is 0.528. The number of hydrogen-bond acceptors (Lipinski definition) is 4. The smallest absolute Gasteiger partial charge is 0.222 e. The van der Waals surface area contributed by atoms with E-state index in [2.05, 4.69) is 4.98 Å². The van der Waals surface area contributed by atoms with Crippen molar-refractivity contribution in [3.63, 3.8) is 0 Å². The van der Waals surface area contributed by atoms with Crippen LogP contribution >= 0.6 is 0 Å². The standard InChI is InChI=1S/C13H20N2O3/c1-15(9-12(16)10-18-2)13(17)6-5-11-4-3-7-14-8-11/h3-4,7-8,12,16H,5-6,9-10H2,1-2H3. The molecular weight excluding hydrogens is 232 g/mol. The number of amides is 1. The molecule has 1 aromatic rings. The Morgan fingerprint density at radius 2 is 2.39 bits per heavy atom. The number of carbonyl (C=O) groups is 1. The van der Waals surface area contributed by atoms with Crippen LogP contribution in [-0.4, -0.2) is 54.3 Å². The van der Waals surface area contributed by atoms with E-state index in [9.17, 15) is 9.90 Å². The lowest BCUT2D eigenvalue weighted by Gasteiger charge is -2.20. The lowest BCUT2D eigenvalue weighted by molar-refractivity contribution is -0.131. The summed E-state index contributed by atoms with van der Waals surface area (Å²) >= 11 is 0. The predicted molar refractivity (Wildman–Crippen MR) is 68.1 cm³/mol. The fraction of sp³-hybridized carbons (Fsp3) is 0.538. The summed E-state index contributed by atoms with van der Waals surface area (Å²) in [6.07, 6.45) is 3.91. The minimum Gasteiger partial charge on any atom is -0.389 e. The number of aromatic nitrogens is 1. The number of nitrogens with zero attached hydrogens (tertiary/aromatic N) is 2. The molecule has 1 atom stereocenters. The van der Waals surface area contributed by atoms with Gasteiger partial charge in [-0.15, -0.1) is 0 Å². The maximum absolute atomic E-state index is 11.8. The van der Waals surface area contributed by atoms with Gasteiger partial charge in [-0.1, -0.05) is 6.07 Å². The minimum absolute atomic E-state index is 0.00834. The van der Waals surface area contributed by atoms with Crippen LogP contribution in [0.4, 0.5) is 0 Å². The zero-order chi connectivity index (χ0) is 13.4. The molecule has 0 aliphatic rings. The van der Waals surface area contributed by atoms with Crippen molar-refractivity contribution in [2.45, 2.75) is 18.9 Å². The van der Waals surface area contributed by atoms with E-state index in [1.165, 1.54) is 12.0 Å². The zero-order valence-corrected chi connectivity index (χ0v) is 10.9. The Morgan fingerprint density at radius 3 is 3.00 bits per heavy atom. The number of pyridine rings is 1. The third-order valence-electron chi connectivity index (χ3n) is 2.62. The van der Waals surface area contributed by atoms with Gasteiger partial charge in [0.1, 0.15) is 0 Å². The quantitative estimate of drug-likeness (QED) is 0.766. The van der Waals surface area contributed by atoms with Gasteiger partial charge in [0.2, 0.25) is 5.91 Å². The van der Waals surface area contributed by atoms with Crippen LogP contribution in [0.3, 0.4) is 0 Å². The zero-order valence-electron chi connectivity index (χ0n) is 10.9. The molecule has 5 nitrogen and oxygen atoms in total. The first kappa shape index (κ1) is 14.6. The molecule has 0 bridgehead atoms. The molecule has 5 heteroatoms. The molecule has 0 aliphatic carbocycles. The summed E-state index contributed by atoms with van der Waals surface area (Å²) in [4.78, 5) is 17.3. The number of aryl methyl sites for hydroxylation is 1. The van der Waals surface area contributed by atoms with Crippen LogP contribution in [0.2, 0.25) is 0 Å². The number of carbonyl (C=O) groups excluding carboxylic acids is 1. The minimum atomic E-state index is -0.637. The van der Waals surface area contributed by atoms with Crippen LogP contribution in [0.1, 0.15) is 12.0 Å². The highest BCUT2D eigenvalue weighted by Crippen LogP contribution is 2.03. The Hall–Kier alpha value is -1.46.